The first-order chi connectivity index (χ1) is 14.3. The number of alkyl halides is 3. The topological polar surface area (TPSA) is 76.0 Å². The zero-order chi connectivity index (χ0) is 21.3. The third kappa shape index (κ3) is 4.32. The number of aromatic nitrogens is 4. The molecule has 3 heterocycles. The van der Waals surface area contributed by atoms with Crippen LogP contribution >= 0.6 is 0 Å². The van der Waals surface area contributed by atoms with Gasteiger partial charge in [0.1, 0.15) is 17.3 Å². The molecule has 0 aliphatic carbocycles. The molecule has 1 aliphatic rings. The molecule has 1 amide bonds. The number of halogens is 3. The van der Waals surface area contributed by atoms with E-state index in [4.69, 9.17) is 0 Å². The molecule has 0 saturated carbocycles. The van der Waals surface area contributed by atoms with Gasteiger partial charge in [-0.3, -0.25) is 9.89 Å². The number of piperidine rings is 1. The fourth-order valence-corrected chi connectivity index (χ4v) is 3.72. The van der Waals surface area contributed by atoms with Crippen molar-refractivity contribution in [1.29, 1.82) is 0 Å². The Balaban J connectivity index is 1.45. The van der Waals surface area contributed by atoms with Gasteiger partial charge in [-0.15, -0.1) is 13.2 Å². The maximum Gasteiger partial charge on any atom is 0.573 e. The SMILES string of the molecule is Cc1nccn1C1CCCN(C(=O)c2cc(-c3ccc(OC(F)(F)F)cc3)n[nH]2)C1. The summed E-state index contributed by atoms with van der Waals surface area (Å²) in [6.07, 6.45) is 0.795. The first-order valence-electron chi connectivity index (χ1n) is 9.50. The molecule has 2 aromatic heterocycles. The maximum absolute atomic E-state index is 12.9. The minimum Gasteiger partial charge on any atom is -0.406 e. The monoisotopic (exact) mass is 419 g/mol. The van der Waals surface area contributed by atoms with E-state index in [9.17, 15) is 18.0 Å². The van der Waals surface area contributed by atoms with E-state index in [1.807, 2.05) is 13.1 Å². The lowest BCUT2D eigenvalue weighted by Crippen LogP contribution is -2.41. The largest absolute Gasteiger partial charge is 0.573 e. The van der Waals surface area contributed by atoms with Gasteiger partial charge in [0.15, 0.2) is 0 Å². The Kier molecular flexibility index (Phi) is 5.23. The first kappa shape index (κ1) is 20.0. The standard InChI is InChI=1S/C20H20F3N5O2/c1-13-24-8-10-28(13)15-3-2-9-27(12-15)19(29)18-11-17(25-26-18)14-4-6-16(7-5-14)30-20(21,22)23/h4-8,10-11,15H,2-3,9,12H2,1H3,(H,25,26). The van der Waals surface area contributed by atoms with Crippen LogP contribution in [0.15, 0.2) is 42.7 Å². The molecule has 0 radical (unpaired) electrons. The van der Waals surface area contributed by atoms with Crippen molar-refractivity contribution < 1.29 is 22.7 Å². The van der Waals surface area contributed by atoms with Gasteiger partial charge in [-0.05, 0) is 50.1 Å². The Hall–Kier alpha value is -3.30. The minimum absolute atomic E-state index is 0.159. The van der Waals surface area contributed by atoms with E-state index in [0.717, 1.165) is 18.7 Å². The van der Waals surface area contributed by atoms with Gasteiger partial charge in [-0.2, -0.15) is 5.10 Å². The van der Waals surface area contributed by atoms with E-state index < -0.39 is 6.36 Å². The number of H-pyrrole nitrogens is 1. The Morgan fingerprint density at radius 1 is 1.27 bits per heavy atom. The number of imidazole rings is 1. The highest BCUT2D eigenvalue weighted by molar-refractivity contribution is 5.93. The van der Waals surface area contributed by atoms with Crippen molar-refractivity contribution in [2.75, 3.05) is 13.1 Å². The molecule has 3 aromatic rings. The van der Waals surface area contributed by atoms with E-state index >= 15 is 0 Å². The van der Waals surface area contributed by atoms with Crippen LogP contribution < -0.4 is 4.74 Å². The molecule has 158 valence electrons. The van der Waals surface area contributed by atoms with Crippen molar-refractivity contribution in [3.63, 3.8) is 0 Å². The number of benzene rings is 1. The Morgan fingerprint density at radius 2 is 2.03 bits per heavy atom. The maximum atomic E-state index is 12.9. The normalized spacial score (nSPS) is 17.2. The van der Waals surface area contributed by atoms with Crippen LogP contribution in [0.2, 0.25) is 0 Å². The van der Waals surface area contributed by atoms with Gasteiger partial charge in [0.25, 0.3) is 5.91 Å². The Labute approximate surface area is 170 Å². The summed E-state index contributed by atoms with van der Waals surface area (Å²) in [6, 6.07) is 7.13. The number of likely N-dealkylation sites (tertiary alicyclic amines) is 1. The molecule has 30 heavy (non-hydrogen) atoms. The second-order valence-corrected chi connectivity index (χ2v) is 7.17. The predicted octanol–water partition coefficient (Wildman–Crippen LogP) is 3.96. The van der Waals surface area contributed by atoms with E-state index in [1.165, 1.54) is 24.3 Å². The summed E-state index contributed by atoms with van der Waals surface area (Å²) < 4.78 is 42.8. The lowest BCUT2D eigenvalue weighted by Gasteiger charge is -2.33. The van der Waals surface area contributed by atoms with Crippen LogP contribution in [0.4, 0.5) is 13.2 Å². The van der Waals surface area contributed by atoms with Gasteiger partial charge in [0.05, 0.1) is 11.7 Å². The predicted molar refractivity (Wildman–Crippen MR) is 102 cm³/mol. The molecule has 1 atom stereocenters. The Morgan fingerprint density at radius 3 is 2.70 bits per heavy atom. The molecular formula is C20H20F3N5O2. The molecule has 1 fully saturated rings. The number of rotatable bonds is 4. The highest BCUT2D eigenvalue weighted by atomic mass is 19.4. The average Bonchev–Trinajstić information content (AvgIpc) is 3.36. The Bertz CT molecular complexity index is 1030. The van der Waals surface area contributed by atoms with E-state index in [2.05, 4.69) is 24.5 Å². The number of hydrogen-bond acceptors (Lipinski definition) is 4. The van der Waals surface area contributed by atoms with Crippen molar-refractivity contribution >= 4 is 5.91 Å². The summed E-state index contributed by atoms with van der Waals surface area (Å²) >= 11 is 0. The number of nitrogens with one attached hydrogen (secondary N) is 1. The van der Waals surface area contributed by atoms with Crippen molar-refractivity contribution in [2.24, 2.45) is 0 Å². The zero-order valence-corrected chi connectivity index (χ0v) is 16.2. The van der Waals surface area contributed by atoms with Gasteiger partial charge in [-0.1, -0.05) is 0 Å². The summed E-state index contributed by atoms with van der Waals surface area (Å²) in [5.41, 5.74) is 1.38. The number of aryl methyl sites for hydroxylation is 1. The number of carbonyl (C=O) groups excluding carboxylic acids is 1. The molecule has 1 aromatic carbocycles. The summed E-state index contributed by atoms with van der Waals surface area (Å²) in [6.45, 7) is 3.17. The smallest absolute Gasteiger partial charge is 0.406 e. The molecule has 1 N–H and O–H groups in total. The fourth-order valence-electron chi connectivity index (χ4n) is 3.72. The molecule has 1 unspecified atom stereocenters. The molecule has 0 bridgehead atoms. The number of amides is 1. The number of carbonyl (C=O) groups is 1. The highest BCUT2D eigenvalue weighted by Crippen LogP contribution is 2.27. The van der Waals surface area contributed by atoms with Gasteiger partial charge in [0, 0.05) is 31.0 Å². The average molecular weight is 419 g/mol. The number of nitrogens with zero attached hydrogens (tertiary/aromatic N) is 4. The molecule has 7 nitrogen and oxygen atoms in total. The number of aromatic amines is 1. The van der Waals surface area contributed by atoms with Crippen LogP contribution in [0.3, 0.4) is 0 Å². The van der Waals surface area contributed by atoms with Gasteiger partial charge < -0.3 is 14.2 Å². The quantitative estimate of drug-likeness (QED) is 0.695. The lowest BCUT2D eigenvalue weighted by atomic mass is 10.0. The second kappa shape index (κ2) is 7.85. The molecule has 0 spiro atoms. The summed E-state index contributed by atoms with van der Waals surface area (Å²) in [5.74, 6) is 0.441. The van der Waals surface area contributed by atoms with Crippen LogP contribution in [-0.2, 0) is 0 Å². The summed E-state index contributed by atoms with van der Waals surface area (Å²) in [4.78, 5) is 19.0. The lowest BCUT2D eigenvalue weighted by molar-refractivity contribution is -0.274. The van der Waals surface area contributed by atoms with Crippen LogP contribution in [0.5, 0.6) is 5.75 Å². The number of hydrogen-bond donors (Lipinski definition) is 1. The van der Waals surface area contributed by atoms with Gasteiger partial charge in [-0.25, -0.2) is 4.98 Å². The first-order valence-corrected chi connectivity index (χ1v) is 9.50. The van der Waals surface area contributed by atoms with Crippen LogP contribution in [0, 0.1) is 6.92 Å². The van der Waals surface area contributed by atoms with Gasteiger partial charge >= 0.3 is 6.36 Å². The van der Waals surface area contributed by atoms with Crippen molar-refractivity contribution in [3.05, 3.63) is 54.2 Å². The number of ether oxygens (including phenoxy) is 1. The van der Waals surface area contributed by atoms with E-state index in [-0.39, 0.29) is 17.7 Å². The fraction of sp³-hybridized carbons (Fsp3) is 0.350. The molecule has 10 heteroatoms. The van der Waals surface area contributed by atoms with Crippen LogP contribution in [0.25, 0.3) is 11.3 Å². The highest BCUT2D eigenvalue weighted by Gasteiger charge is 2.31. The third-order valence-electron chi connectivity index (χ3n) is 5.13. The molecular weight excluding hydrogens is 399 g/mol. The van der Waals surface area contributed by atoms with Crippen molar-refractivity contribution in [2.45, 2.75) is 32.2 Å². The third-order valence-corrected chi connectivity index (χ3v) is 5.13. The van der Waals surface area contributed by atoms with Crippen LogP contribution in [-0.4, -0.2) is 50.0 Å². The van der Waals surface area contributed by atoms with Crippen molar-refractivity contribution in [1.82, 2.24) is 24.6 Å². The van der Waals surface area contributed by atoms with Crippen molar-refractivity contribution in [3.8, 4) is 17.0 Å². The zero-order valence-electron chi connectivity index (χ0n) is 16.2. The minimum atomic E-state index is -4.74. The van der Waals surface area contributed by atoms with Gasteiger partial charge in [0.2, 0.25) is 0 Å². The molecule has 1 saturated heterocycles. The molecule has 1 aliphatic heterocycles. The van der Waals surface area contributed by atoms with E-state index in [1.54, 1.807) is 17.2 Å². The molecule has 4 rings (SSSR count). The van der Waals surface area contributed by atoms with Crippen LogP contribution in [0.1, 0.15) is 35.2 Å². The second-order valence-electron chi connectivity index (χ2n) is 7.17. The van der Waals surface area contributed by atoms with E-state index in [0.29, 0.717) is 30.0 Å². The summed E-state index contributed by atoms with van der Waals surface area (Å²) in [7, 11) is 0. The summed E-state index contributed by atoms with van der Waals surface area (Å²) in [5, 5.41) is 6.88.